The van der Waals surface area contributed by atoms with E-state index < -0.39 is 0 Å². The predicted molar refractivity (Wildman–Crippen MR) is 99.4 cm³/mol. The highest BCUT2D eigenvalue weighted by molar-refractivity contribution is 5.74. The van der Waals surface area contributed by atoms with Crippen LogP contribution in [0.3, 0.4) is 0 Å². The van der Waals surface area contributed by atoms with E-state index in [-0.39, 0.29) is 12.8 Å². The molecule has 0 aliphatic carbocycles. The first-order valence-electron chi connectivity index (χ1n) is 8.60. The molecule has 1 aliphatic heterocycles. The minimum Gasteiger partial charge on any atom is -0.454 e. The first kappa shape index (κ1) is 17.8. The molecule has 0 unspecified atom stereocenters. The van der Waals surface area contributed by atoms with Crippen LogP contribution >= 0.6 is 0 Å². The molecule has 0 radical (unpaired) electrons. The molecule has 7 heteroatoms. The topological polar surface area (TPSA) is 66.9 Å². The molecule has 0 fully saturated rings. The Hall–Kier alpha value is -2.96. The average molecular weight is 356 g/mol. The summed E-state index contributed by atoms with van der Waals surface area (Å²) in [5, 5.41) is 2.97. The molecule has 0 saturated heterocycles. The van der Waals surface area contributed by atoms with Gasteiger partial charge in [-0.15, -0.1) is 0 Å². The normalized spacial score (nSPS) is 12.0. The Morgan fingerprint density at radius 2 is 1.96 bits per heavy atom. The molecule has 1 aliphatic rings. The quantitative estimate of drug-likeness (QED) is 0.862. The van der Waals surface area contributed by atoms with E-state index in [1.54, 1.807) is 11.1 Å². The third kappa shape index (κ3) is 4.17. The van der Waals surface area contributed by atoms with Crippen molar-refractivity contribution in [2.45, 2.75) is 20.0 Å². The first-order chi connectivity index (χ1) is 12.6. The number of aromatic nitrogens is 1. The zero-order valence-electron chi connectivity index (χ0n) is 15.4. The van der Waals surface area contributed by atoms with Gasteiger partial charge >= 0.3 is 6.03 Å². The number of hydrogen-bond donors (Lipinski definition) is 1. The molecule has 1 aromatic heterocycles. The fourth-order valence-electron chi connectivity index (χ4n) is 2.69. The summed E-state index contributed by atoms with van der Waals surface area (Å²) >= 11 is 0. The monoisotopic (exact) mass is 356 g/mol. The highest BCUT2D eigenvalue weighted by Crippen LogP contribution is 2.32. The van der Waals surface area contributed by atoms with E-state index >= 15 is 0 Å². The van der Waals surface area contributed by atoms with Crippen molar-refractivity contribution in [2.75, 3.05) is 32.3 Å². The third-order valence-corrected chi connectivity index (χ3v) is 4.19. The Morgan fingerprint density at radius 3 is 2.73 bits per heavy atom. The van der Waals surface area contributed by atoms with Crippen molar-refractivity contribution in [1.29, 1.82) is 0 Å². The van der Waals surface area contributed by atoms with E-state index in [1.807, 2.05) is 56.3 Å². The second kappa shape index (κ2) is 7.95. The van der Waals surface area contributed by atoms with Crippen molar-refractivity contribution in [3.05, 3.63) is 47.7 Å². The van der Waals surface area contributed by atoms with Gasteiger partial charge in [0.1, 0.15) is 5.82 Å². The summed E-state index contributed by atoms with van der Waals surface area (Å²) in [4.78, 5) is 20.5. The lowest BCUT2D eigenvalue weighted by Crippen LogP contribution is -2.39. The number of carbonyl (C=O) groups is 1. The summed E-state index contributed by atoms with van der Waals surface area (Å²) in [6.07, 6.45) is 1.75. The highest BCUT2D eigenvalue weighted by Gasteiger charge is 2.16. The number of anilines is 1. The van der Waals surface area contributed by atoms with Crippen molar-refractivity contribution >= 4 is 11.8 Å². The van der Waals surface area contributed by atoms with Crippen LogP contribution in [-0.2, 0) is 13.1 Å². The second-order valence-corrected chi connectivity index (χ2v) is 6.28. The van der Waals surface area contributed by atoms with Crippen LogP contribution in [0.25, 0.3) is 0 Å². The molecule has 0 spiro atoms. The maximum atomic E-state index is 12.5. The maximum Gasteiger partial charge on any atom is 0.317 e. The summed E-state index contributed by atoms with van der Waals surface area (Å²) in [6.45, 7) is 3.79. The number of benzene rings is 1. The molecule has 26 heavy (non-hydrogen) atoms. The van der Waals surface area contributed by atoms with E-state index in [1.165, 1.54) is 0 Å². The van der Waals surface area contributed by atoms with Gasteiger partial charge in [0, 0.05) is 39.9 Å². The van der Waals surface area contributed by atoms with Gasteiger partial charge in [0.15, 0.2) is 11.5 Å². The van der Waals surface area contributed by atoms with Gasteiger partial charge in [0.05, 0.1) is 0 Å². The lowest BCUT2D eigenvalue weighted by molar-refractivity contribution is 0.173. The molecule has 0 saturated carbocycles. The Balaban J connectivity index is 1.59. The number of pyridine rings is 1. The summed E-state index contributed by atoms with van der Waals surface area (Å²) in [6, 6.07) is 9.52. The molecular weight excluding hydrogens is 332 g/mol. The Morgan fingerprint density at radius 1 is 1.15 bits per heavy atom. The number of nitrogens with zero attached hydrogens (tertiary/aromatic N) is 3. The van der Waals surface area contributed by atoms with Gasteiger partial charge in [0.25, 0.3) is 0 Å². The lowest BCUT2D eigenvalue weighted by atomic mass is 10.2. The number of fused-ring (bicyclic) bond motifs is 1. The van der Waals surface area contributed by atoms with Crippen molar-refractivity contribution in [1.82, 2.24) is 15.2 Å². The number of ether oxygens (including phenoxy) is 2. The largest absolute Gasteiger partial charge is 0.454 e. The minimum atomic E-state index is -0.103. The molecule has 2 heterocycles. The summed E-state index contributed by atoms with van der Waals surface area (Å²) in [5.74, 6) is 2.34. The van der Waals surface area contributed by atoms with Crippen LogP contribution in [0.5, 0.6) is 11.5 Å². The minimum absolute atomic E-state index is 0.103. The fourth-order valence-corrected chi connectivity index (χ4v) is 2.69. The van der Waals surface area contributed by atoms with Crippen LogP contribution in [0.15, 0.2) is 36.5 Å². The number of urea groups is 1. The van der Waals surface area contributed by atoms with Crippen LogP contribution in [-0.4, -0.2) is 43.3 Å². The highest BCUT2D eigenvalue weighted by atomic mass is 16.7. The van der Waals surface area contributed by atoms with E-state index in [0.717, 1.165) is 28.4 Å². The van der Waals surface area contributed by atoms with Gasteiger partial charge in [-0.05, 0) is 42.3 Å². The molecule has 7 nitrogen and oxygen atoms in total. The zero-order valence-corrected chi connectivity index (χ0v) is 15.4. The average Bonchev–Trinajstić information content (AvgIpc) is 3.12. The first-order valence-corrected chi connectivity index (χ1v) is 8.60. The third-order valence-electron chi connectivity index (χ3n) is 4.19. The molecule has 0 atom stereocenters. The van der Waals surface area contributed by atoms with Gasteiger partial charge in [-0.1, -0.05) is 6.07 Å². The van der Waals surface area contributed by atoms with Crippen molar-refractivity contribution in [3.8, 4) is 11.5 Å². The Kier molecular flexibility index (Phi) is 5.46. The molecule has 138 valence electrons. The van der Waals surface area contributed by atoms with Gasteiger partial charge in [-0.2, -0.15) is 0 Å². The van der Waals surface area contributed by atoms with Crippen LogP contribution in [0.4, 0.5) is 10.6 Å². The SMILES string of the molecule is CCN(Cc1ccc2c(c1)OCO2)C(=O)NCc1ccnc(N(C)C)c1. The lowest BCUT2D eigenvalue weighted by Gasteiger charge is -2.22. The number of hydrogen-bond acceptors (Lipinski definition) is 5. The van der Waals surface area contributed by atoms with Gasteiger partial charge < -0.3 is 24.6 Å². The second-order valence-electron chi connectivity index (χ2n) is 6.28. The maximum absolute atomic E-state index is 12.5. The van der Waals surface area contributed by atoms with E-state index in [9.17, 15) is 4.79 Å². The van der Waals surface area contributed by atoms with Crippen molar-refractivity contribution in [2.24, 2.45) is 0 Å². The number of rotatable bonds is 6. The van der Waals surface area contributed by atoms with E-state index in [2.05, 4.69) is 10.3 Å². The van der Waals surface area contributed by atoms with Crippen LogP contribution in [0.1, 0.15) is 18.1 Å². The zero-order chi connectivity index (χ0) is 18.5. The van der Waals surface area contributed by atoms with Crippen LogP contribution in [0, 0.1) is 0 Å². The van der Waals surface area contributed by atoms with Gasteiger partial charge in [-0.25, -0.2) is 9.78 Å². The Bertz CT molecular complexity index is 779. The number of carbonyl (C=O) groups excluding carboxylic acids is 1. The van der Waals surface area contributed by atoms with Gasteiger partial charge in [0.2, 0.25) is 6.79 Å². The molecule has 2 amide bonds. The number of amides is 2. The van der Waals surface area contributed by atoms with Crippen molar-refractivity contribution < 1.29 is 14.3 Å². The van der Waals surface area contributed by atoms with E-state index in [0.29, 0.717) is 19.6 Å². The van der Waals surface area contributed by atoms with Crippen LogP contribution in [0.2, 0.25) is 0 Å². The van der Waals surface area contributed by atoms with E-state index in [4.69, 9.17) is 9.47 Å². The smallest absolute Gasteiger partial charge is 0.317 e. The summed E-state index contributed by atoms with van der Waals surface area (Å²) in [7, 11) is 3.88. The molecular formula is C19H24N4O3. The standard InChI is InChI=1S/C19H24N4O3/c1-4-23(12-15-5-6-16-17(9-15)26-13-25-16)19(24)21-11-14-7-8-20-18(10-14)22(2)3/h5-10H,4,11-13H2,1-3H3,(H,21,24). The fraction of sp³-hybridized carbons (Fsp3) is 0.368. The Labute approximate surface area is 153 Å². The predicted octanol–water partition coefficient (Wildman–Crippen LogP) is 2.61. The summed E-state index contributed by atoms with van der Waals surface area (Å²) in [5.41, 5.74) is 2.02. The van der Waals surface area contributed by atoms with Crippen molar-refractivity contribution in [3.63, 3.8) is 0 Å². The molecule has 3 rings (SSSR count). The molecule has 1 aromatic carbocycles. The molecule has 0 bridgehead atoms. The molecule has 1 N–H and O–H groups in total. The van der Waals surface area contributed by atoms with Gasteiger partial charge in [-0.3, -0.25) is 0 Å². The number of nitrogens with one attached hydrogen (secondary N) is 1. The summed E-state index contributed by atoms with van der Waals surface area (Å²) < 4.78 is 10.7. The molecule has 2 aromatic rings. The van der Waals surface area contributed by atoms with Crippen LogP contribution < -0.4 is 19.7 Å².